The van der Waals surface area contributed by atoms with Gasteiger partial charge in [-0.25, -0.2) is 4.39 Å². The number of ether oxygens (including phenoxy) is 1. The Kier molecular flexibility index (Phi) is 8.31. The molecule has 2 atom stereocenters. The SMILES string of the molecule is CC[C@@H](Oc1ccc2c(c1)[C@@H](c1cccc(F)c1)N(C(=O)CC(C)C)CC2)C(=O)N(C)Cc1ccco1. The Bertz CT molecular complexity index is 1220. The fourth-order valence-electron chi connectivity index (χ4n) is 4.87. The van der Waals surface area contributed by atoms with Crippen LogP contribution in [-0.2, 0) is 22.6 Å². The summed E-state index contributed by atoms with van der Waals surface area (Å²) in [6.45, 7) is 6.86. The van der Waals surface area contributed by atoms with Crippen LogP contribution in [0.25, 0.3) is 0 Å². The van der Waals surface area contributed by atoms with E-state index in [9.17, 15) is 14.0 Å². The summed E-state index contributed by atoms with van der Waals surface area (Å²) in [5.41, 5.74) is 2.71. The van der Waals surface area contributed by atoms with Gasteiger partial charge in [0.05, 0.1) is 18.8 Å². The molecule has 3 aromatic rings. The molecule has 0 bridgehead atoms. The lowest BCUT2D eigenvalue weighted by molar-refractivity contribution is -0.138. The van der Waals surface area contributed by atoms with Crippen molar-refractivity contribution >= 4 is 11.8 Å². The highest BCUT2D eigenvalue weighted by Gasteiger charge is 2.33. The predicted molar refractivity (Wildman–Crippen MR) is 139 cm³/mol. The number of fused-ring (bicyclic) bond motifs is 1. The van der Waals surface area contributed by atoms with Crippen LogP contribution in [-0.4, -0.2) is 41.3 Å². The normalized spacial score (nSPS) is 15.8. The zero-order valence-electron chi connectivity index (χ0n) is 21.9. The van der Waals surface area contributed by atoms with Crippen molar-refractivity contribution in [2.24, 2.45) is 5.92 Å². The van der Waals surface area contributed by atoms with Crippen LogP contribution in [0.3, 0.4) is 0 Å². The van der Waals surface area contributed by atoms with Gasteiger partial charge in [0.25, 0.3) is 5.91 Å². The molecular formula is C30H35FN2O4. The fourth-order valence-corrected chi connectivity index (χ4v) is 4.87. The monoisotopic (exact) mass is 506 g/mol. The molecule has 0 spiro atoms. The van der Waals surface area contributed by atoms with Gasteiger partial charge in [0.2, 0.25) is 5.91 Å². The molecule has 0 unspecified atom stereocenters. The van der Waals surface area contributed by atoms with Gasteiger partial charge >= 0.3 is 0 Å². The molecule has 0 fully saturated rings. The third kappa shape index (κ3) is 6.21. The molecule has 37 heavy (non-hydrogen) atoms. The minimum Gasteiger partial charge on any atom is -0.481 e. The summed E-state index contributed by atoms with van der Waals surface area (Å²) in [5.74, 6) is 1.01. The molecule has 6 nitrogen and oxygen atoms in total. The average molecular weight is 507 g/mol. The Labute approximate surface area is 218 Å². The van der Waals surface area contributed by atoms with Crippen molar-refractivity contribution in [3.63, 3.8) is 0 Å². The van der Waals surface area contributed by atoms with E-state index in [0.29, 0.717) is 43.9 Å². The van der Waals surface area contributed by atoms with E-state index in [0.717, 1.165) is 16.7 Å². The number of nitrogens with zero attached hydrogens (tertiary/aromatic N) is 2. The van der Waals surface area contributed by atoms with Crippen LogP contribution in [0.1, 0.15) is 62.1 Å². The Hall–Kier alpha value is -3.61. The quantitative estimate of drug-likeness (QED) is 0.371. The smallest absolute Gasteiger partial charge is 0.263 e. The Morgan fingerprint density at radius 1 is 1.16 bits per heavy atom. The second-order valence-corrected chi connectivity index (χ2v) is 10.0. The summed E-state index contributed by atoms with van der Waals surface area (Å²) in [6.07, 6.45) is 2.52. The minimum atomic E-state index is -0.673. The average Bonchev–Trinajstić information content (AvgIpc) is 3.38. The molecule has 1 aromatic heterocycles. The van der Waals surface area contributed by atoms with Crippen molar-refractivity contribution in [1.82, 2.24) is 9.80 Å². The van der Waals surface area contributed by atoms with E-state index < -0.39 is 12.1 Å². The van der Waals surface area contributed by atoms with Gasteiger partial charge in [-0.1, -0.05) is 39.0 Å². The molecule has 0 radical (unpaired) electrons. The van der Waals surface area contributed by atoms with E-state index in [1.165, 1.54) is 12.1 Å². The van der Waals surface area contributed by atoms with E-state index in [1.54, 1.807) is 30.3 Å². The zero-order chi connectivity index (χ0) is 26.5. The third-order valence-electron chi connectivity index (χ3n) is 6.69. The molecule has 7 heteroatoms. The van der Waals surface area contributed by atoms with E-state index in [1.807, 2.05) is 56.0 Å². The highest BCUT2D eigenvalue weighted by molar-refractivity contribution is 5.81. The summed E-state index contributed by atoms with van der Waals surface area (Å²) >= 11 is 0. The number of likely N-dealkylation sites (N-methyl/N-ethyl adjacent to an activating group) is 1. The molecule has 196 valence electrons. The van der Waals surface area contributed by atoms with Crippen molar-refractivity contribution in [2.45, 2.75) is 58.7 Å². The molecular weight excluding hydrogens is 471 g/mol. The summed E-state index contributed by atoms with van der Waals surface area (Å²) < 4.78 is 25.8. The molecule has 0 N–H and O–H groups in total. The summed E-state index contributed by atoms with van der Waals surface area (Å²) in [7, 11) is 1.72. The van der Waals surface area contributed by atoms with Crippen LogP contribution >= 0.6 is 0 Å². The van der Waals surface area contributed by atoms with Crippen molar-refractivity contribution < 1.29 is 23.1 Å². The summed E-state index contributed by atoms with van der Waals surface area (Å²) in [5, 5.41) is 0. The fraction of sp³-hybridized carbons (Fsp3) is 0.400. The molecule has 1 aliphatic rings. The second kappa shape index (κ2) is 11.6. The number of halogens is 1. The first-order valence-electron chi connectivity index (χ1n) is 12.9. The van der Waals surface area contributed by atoms with Crippen molar-refractivity contribution in [3.05, 3.63) is 89.1 Å². The number of amides is 2. The van der Waals surface area contributed by atoms with Gasteiger partial charge in [-0.3, -0.25) is 9.59 Å². The number of rotatable bonds is 9. The second-order valence-electron chi connectivity index (χ2n) is 10.0. The molecule has 4 rings (SSSR count). The predicted octanol–water partition coefficient (Wildman–Crippen LogP) is 5.75. The van der Waals surface area contributed by atoms with Gasteiger partial charge in [0, 0.05) is 20.0 Å². The van der Waals surface area contributed by atoms with Crippen LogP contribution in [0.15, 0.2) is 65.3 Å². The highest BCUT2D eigenvalue weighted by Crippen LogP contribution is 2.38. The number of furan rings is 1. The first-order valence-corrected chi connectivity index (χ1v) is 12.9. The number of benzene rings is 2. The van der Waals surface area contributed by atoms with Gasteiger partial charge in [0.15, 0.2) is 6.10 Å². The number of hydrogen-bond donors (Lipinski definition) is 0. The van der Waals surface area contributed by atoms with Crippen LogP contribution in [0, 0.1) is 11.7 Å². The van der Waals surface area contributed by atoms with Gasteiger partial charge in [0.1, 0.15) is 17.3 Å². The molecule has 0 saturated heterocycles. The maximum Gasteiger partial charge on any atom is 0.263 e. The maximum atomic E-state index is 14.3. The lowest BCUT2D eigenvalue weighted by atomic mass is 9.87. The Balaban J connectivity index is 1.63. The van der Waals surface area contributed by atoms with Gasteiger partial charge < -0.3 is 19.0 Å². The Morgan fingerprint density at radius 3 is 2.65 bits per heavy atom. The molecule has 2 heterocycles. The molecule has 1 aliphatic heterocycles. The van der Waals surface area contributed by atoms with E-state index in [-0.39, 0.29) is 23.5 Å². The van der Waals surface area contributed by atoms with Gasteiger partial charge in [-0.15, -0.1) is 0 Å². The summed E-state index contributed by atoms with van der Waals surface area (Å²) in [6, 6.07) is 15.4. The molecule has 0 saturated carbocycles. The largest absolute Gasteiger partial charge is 0.481 e. The van der Waals surface area contributed by atoms with Crippen molar-refractivity contribution in [2.75, 3.05) is 13.6 Å². The first-order chi connectivity index (χ1) is 17.8. The van der Waals surface area contributed by atoms with E-state index >= 15 is 0 Å². The van der Waals surface area contributed by atoms with E-state index in [4.69, 9.17) is 9.15 Å². The summed E-state index contributed by atoms with van der Waals surface area (Å²) in [4.78, 5) is 29.8. The maximum absolute atomic E-state index is 14.3. The standard InChI is InChI=1S/C30H35FN2O4/c1-5-27(30(35)32(4)19-25-10-7-15-36-25)37-24-12-11-21-13-14-33(28(34)16-20(2)3)29(26(21)18-24)22-8-6-9-23(31)17-22/h6-12,15,17-18,20,27,29H,5,13-14,16,19H2,1-4H3/t27-,29-/m1/s1. The number of carbonyl (C=O) groups excluding carboxylic acids is 2. The van der Waals surface area contributed by atoms with Crippen molar-refractivity contribution in [3.8, 4) is 5.75 Å². The van der Waals surface area contributed by atoms with Gasteiger partial charge in [-0.05, 0) is 71.8 Å². The molecule has 2 amide bonds. The minimum absolute atomic E-state index is 0.0439. The highest BCUT2D eigenvalue weighted by atomic mass is 19.1. The first kappa shape index (κ1) is 26.5. The van der Waals surface area contributed by atoms with Crippen LogP contribution in [0.4, 0.5) is 4.39 Å². The number of carbonyl (C=O) groups is 2. The number of hydrogen-bond acceptors (Lipinski definition) is 4. The van der Waals surface area contributed by atoms with Crippen LogP contribution < -0.4 is 4.74 Å². The lowest BCUT2D eigenvalue weighted by Crippen LogP contribution is -2.41. The Morgan fingerprint density at radius 2 is 1.97 bits per heavy atom. The van der Waals surface area contributed by atoms with Crippen LogP contribution in [0.5, 0.6) is 5.75 Å². The van der Waals surface area contributed by atoms with Crippen LogP contribution in [0.2, 0.25) is 0 Å². The lowest BCUT2D eigenvalue weighted by Gasteiger charge is -2.38. The third-order valence-corrected chi connectivity index (χ3v) is 6.69. The molecule has 2 aromatic carbocycles. The van der Waals surface area contributed by atoms with Crippen molar-refractivity contribution in [1.29, 1.82) is 0 Å². The topological polar surface area (TPSA) is 63.0 Å². The van der Waals surface area contributed by atoms with Gasteiger partial charge in [-0.2, -0.15) is 0 Å². The van der Waals surface area contributed by atoms with E-state index in [2.05, 4.69) is 0 Å². The zero-order valence-corrected chi connectivity index (χ0v) is 21.9. The molecule has 0 aliphatic carbocycles.